The summed E-state index contributed by atoms with van der Waals surface area (Å²) in [5.41, 5.74) is 3.63. The molecule has 0 spiro atoms. The molecular weight excluding hydrogens is 370 g/mol. The van der Waals surface area contributed by atoms with Gasteiger partial charge in [-0.1, -0.05) is 48.8 Å². The SMILES string of the molecule is [2H]c1sc(N)nc1C([2H])([2H])C(=O)Nc1c([2H])c([2H])c(CC([2H])([2H])CC([2H])([2H])[C@]([2H])(O)c2ccccc2)c([2H])c1[2H]. The molecule has 1 atom stereocenters. The highest BCUT2D eigenvalue weighted by Crippen LogP contribution is 2.20. The first-order valence-electron chi connectivity index (χ1n) is 14.1. The smallest absolute Gasteiger partial charge is 0.230 e. The van der Waals surface area contributed by atoms with Crippen LogP contribution in [0.2, 0.25) is 0 Å². The number of aromatic nitrogens is 1. The Morgan fingerprint density at radius 3 is 2.75 bits per heavy atom. The number of anilines is 2. The number of benzene rings is 2. The predicted molar refractivity (Wildman–Crippen MR) is 114 cm³/mol. The Balaban J connectivity index is 1.91. The normalized spacial score (nSPS) is 20.8. The van der Waals surface area contributed by atoms with Crippen LogP contribution in [0, 0.1) is 0 Å². The van der Waals surface area contributed by atoms with Crippen LogP contribution in [0.5, 0.6) is 0 Å². The van der Waals surface area contributed by atoms with E-state index >= 15 is 0 Å². The number of nitrogens with two attached hydrogens (primary N) is 1. The van der Waals surface area contributed by atoms with Gasteiger partial charge in [-0.05, 0) is 42.4 Å². The minimum absolute atomic E-state index is 0.113. The zero-order chi connectivity index (χ0) is 30.4. The molecule has 0 bridgehead atoms. The number of nitrogens with one attached hydrogen (secondary N) is 1. The second kappa shape index (κ2) is 10.0. The molecule has 0 aliphatic carbocycles. The summed E-state index contributed by atoms with van der Waals surface area (Å²) in [6, 6.07) is 4.03. The van der Waals surface area contributed by atoms with Crippen LogP contribution in [0.15, 0.2) is 59.9 Å². The molecule has 6 heteroatoms. The maximum atomic E-state index is 12.7. The highest BCUT2D eigenvalue weighted by atomic mass is 32.1. The molecule has 0 fully saturated rings. The molecule has 1 amide bonds. The van der Waals surface area contributed by atoms with E-state index in [1.54, 1.807) is 6.07 Å². The molecule has 1 heterocycles. The monoisotopic (exact) mass is 407 g/mol. The standard InChI is InChI=1S/C22H25N3O2S/c23-22-25-19(15-28-22)14-21(27)24-18-12-10-16(11-13-18)6-4-5-9-20(26)17-7-2-1-3-8-17/h1-3,7-8,10-13,15,20,26H,4-6,9,14H2,(H2,23,25)(H,24,27)/t20-/m0/s1/i4D2,9D2,10D,11D,12D,13D,14D2,15D,20D. The van der Waals surface area contributed by atoms with Gasteiger partial charge in [-0.25, -0.2) is 4.98 Å². The second-order valence-electron chi connectivity index (χ2n) is 5.43. The lowest BCUT2D eigenvalue weighted by Gasteiger charge is -2.10. The van der Waals surface area contributed by atoms with E-state index in [-0.39, 0.29) is 10.7 Å². The lowest BCUT2D eigenvalue weighted by atomic mass is 10.0. The van der Waals surface area contributed by atoms with Gasteiger partial charge in [0.25, 0.3) is 0 Å². The molecule has 1 aromatic heterocycles. The summed E-state index contributed by atoms with van der Waals surface area (Å²) in [5.74, 6) is -1.43. The fourth-order valence-corrected chi connectivity index (χ4v) is 2.52. The largest absolute Gasteiger partial charge is 0.388 e. The van der Waals surface area contributed by atoms with Crippen molar-refractivity contribution >= 4 is 28.1 Å². The maximum absolute atomic E-state index is 12.7. The van der Waals surface area contributed by atoms with E-state index in [2.05, 4.69) is 4.98 Å². The topological polar surface area (TPSA) is 88.2 Å². The third-order valence-corrected chi connectivity index (χ3v) is 3.95. The lowest BCUT2D eigenvalue weighted by molar-refractivity contribution is -0.115. The van der Waals surface area contributed by atoms with Crippen molar-refractivity contribution in [2.45, 2.75) is 38.0 Å². The third kappa shape index (κ3) is 6.18. The minimum atomic E-state index is -2.91. The number of rotatable bonds is 9. The van der Waals surface area contributed by atoms with Crippen molar-refractivity contribution < 1.29 is 26.4 Å². The van der Waals surface area contributed by atoms with E-state index in [9.17, 15) is 9.90 Å². The van der Waals surface area contributed by atoms with E-state index < -0.39 is 90.4 Å². The fraction of sp³-hybridized carbons (Fsp3) is 0.273. The minimum Gasteiger partial charge on any atom is -0.388 e. The van der Waals surface area contributed by atoms with Crippen molar-refractivity contribution in [3.8, 4) is 0 Å². The molecule has 4 N–H and O–H groups in total. The summed E-state index contributed by atoms with van der Waals surface area (Å²) in [5, 5.41) is 12.1. The van der Waals surface area contributed by atoms with Crippen LogP contribution in [0.1, 0.15) is 58.5 Å². The van der Waals surface area contributed by atoms with Crippen LogP contribution in [-0.4, -0.2) is 16.0 Å². The fourth-order valence-electron chi connectivity index (χ4n) is 2.08. The number of nitrogen functional groups attached to an aromatic ring is 1. The molecule has 2 aromatic carbocycles. The van der Waals surface area contributed by atoms with Gasteiger partial charge < -0.3 is 16.2 Å². The van der Waals surface area contributed by atoms with Crippen LogP contribution in [-0.2, 0) is 17.6 Å². The average molecular weight is 408 g/mol. The van der Waals surface area contributed by atoms with Crippen LogP contribution >= 0.6 is 11.3 Å². The molecule has 0 radical (unpaired) electrons. The van der Waals surface area contributed by atoms with Crippen molar-refractivity contribution in [1.82, 2.24) is 4.98 Å². The third-order valence-electron chi connectivity index (χ3n) is 3.35. The summed E-state index contributed by atoms with van der Waals surface area (Å²) in [4.78, 5) is 16.4. The molecule has 5 nitrogen and oxygen atoms in total. The van der Waals surface area contributed by atoms with Crippen LogP contribution in [0.4, 0.5) is 10.8 Å². The molecule has 0 saturated carbocycles. The molecular formula is C22H25N3O2S. The number of carbonyl (C=O) groups excluding carboxylic acids is 1. The van der Waals surface area contributed by atoms with Crippen molar-refractivity contribution in [3.63, 3.8) is 0 Å². The molecule has 0 aliphatic rings. The van der Waals surface area contributed by atoms with E-state index in [4.69, 9.17) is 22.2 Å². The molecule has 0 aliphatic heterocycles. The predicted octanol–water partition coefficient (Wildman–Crippen LogP) is 4.35. The Morgan fingerprint density at radius 2 is 2.07 bits per heavy atom. The number of nitrogens with zero attached hydrogens (tertiary/aromatic N) is 1. The van der Waals surface area contributed by atoms with Gasteiger partial charge >= 0.3 is 0 Å². The van der Waals surface area contributed by atoms with Gasteiger partial charge in [-0.2, -0.15) is 0 Å². The van der Waals surface area contributed by atoms with E-state index in [1.165, 1.54) is 24.3 Å². The van der Waals surface area contributed by atoms with Gasteiger partial charge in [0.2, 0.25) is 5.91 Å². The first-order chi connectivity index (χ1) is 18.2. The Labute approximate surface area is 186 Å². The zero-order valence-electron chi connectivity index (χ0n) is 26.6. The Kier molecular flexibility index (Phi) is 3.46. The van der Waals surface area contributed by atoms with E-state index in [0.29, 0.717) is 11.3 Å². The van der Waals surface area contributed by atoms with E-state index in [1.807, 2.05) is 5.32 Å². The lowest BCUT2D eigenvalue weighted by Crippen LogP contribution is -2.14. The highest BCUT2D eigenvalue weighted by molar-refractivity contribution is 7.13. The van der Waals surface area contributed by atoms with Gasteiger partial charge in [0.1, 0.15) is 0 Å². The van der Waals surface area contributed by atoms with Gasteiger partial charge in [0.05, 0.1) is 26.4 Å². The van der Waals surface area contributed by atoms with Gasteiger partial charge in [0, 0.05) is 19.3 Å². The number of thiazole rings is 1. The average Bonchev–Trinajstić information content (AvgIpc) is 3.21. The van der Waals surface area contributed by atoms with Crippen LogP contribution < -0.4 is 11.1 Å². The number of hydrogen-bond acceptors (Lipinski definition) is 5. The van der Waals surface area contributed by atoms with Gasteiger partial charge in [-0.3, -0.25) is 4.79 Å². The maximum Gasteiger partial charge on any atom is 0.230 e. The molecule has 28 heavy (non-hydrogen) atoms. The van der Waals surface area contributed by atoms with Gasteiger partial charge in [0.15, 0.2) is 5.13 Å². The summed E-state index contributed by atoms with van der Waals surface area (Å²) in [6.07, 6.45) is -13.0. The quantitative estimate of drug-likeness (QED) is 0.492. The Morgan fingerprint density at radius 1 is 1.32 bits per heavy atom. The van der Waals surface area contributed by atoms with Gasteiger partial charge in [-0.15, -0.1) is 11.3 Å². The first kappa shape index (κ1) is 9.67. The number of carbonyl (C=O) groups is 1. The first-order valence-corrected chi connectivity index (χ1v) is 8.96. The number of amides is 1. The Hall–Kier alpha value is -2.70. The van der Waals surface area contributed by atoms with Crippen molar-refractivity contribution in [2.75, 3.05) is 11.1 Å². The molecule has 146 valence electrons. The summed E-state index contributed by atoms with van der Waals surface area (Å²) >= 11 is 0.632. The van der Waals surface area contributed by atoms with Crippen molar-refractivity contribution in [3.05, 3.63) is 76.7 Å². The molecule has 3 aromatic rings. The highest BCUT2D eigenvalue weighted by Gasteiger charge is 2.08. The Bertz CT molecular complexity index is 1400. The zero-order valence-corrected chi connectivity index (χ0v) is 15.4. The number of aliphatic hydroxyl groups is 1. The molecule has 0 unspecified atom stereocenters. The molecule has 0 saturated heterocycles. The van der Waals surface area contributed by atoms with Crippen molar-refractivity contribution in [1.29, 1.82) is 0 Å². The number of hydrogen-bond donors (Lipinski definition) is 3. The van der Waals surface area contributed by atoms with Crippen LogP contribution in [0.25, 0.3) is 0 Å². The summed E-state index contributed by atoms with van der Waals surface area (Å²) < 4.78 is 98.4. The van der Waals surface area contributed by atoms with Crippen LogP contribution in [0.3, 0.4) is 0 Å². The molecule has 3 rings (SSSR count). The summed E-state index contributed by atoms with van der Waals surface area (Å²) in [6.45, 7) is 0. The second-order valence-corrected chi connectivity index (χ2v) is 6.26. The van der Waals surface area contributed by atoms with Crippen molar-refractivity contribution in [2.24, 2.45) is 0 Å². The van der Waals surface area contributed by atoms with E-state index in [0.717, 1.165) is 0 Å². The summed E-state index contributed by atoms with van der Waals surface area (Å²) in [7, 11) is 0.